The molecule has 0 aromatic heterocycles. The molecule has 0 saturated carbocycles. The molecule has 0 radical (unpaired) electrons. The number of Topliss-reactive ketones (excluding diaryl/α,β-unsaturated/α-hetero) is 1. The van der Waals surface area contributed by atoms with E-state index in [1.165, 1.54) is 13.2 Å². The minimum absolute atomic E-state index is 0.0656. The molecule has 1 aromatic carbocycles. The third-order valence-corrected chi connectivity index (χ3v) is 4.01. The third-order valence-electron chi connectivity index (χ3n) is 4.01. The summed E-state index contributed by atoms with van der Waals surface area (Å²) in [6, 6.07) is 2.97. The fourth-order valence-electron chi connectivity index (χ4n) is 2.60. The van der Waals surface area contributed by atoms with Crippen molar-refractivity contribution in [2.45, 2.75) is 59.5 Å². The number of benzene rings is 1. The van der Waals surface area contributed by atoms with E-state index in [2.05, 4.69) is 0 Å². The van der Waals surface area contributed by atoms with Crippen LogP contribution in [0.3, 0.4) is 0 Å². The molecular weight excluding hydrogens is 350 g/mol. The van der Waals surface area contributed by atoms with E-state index in [1.807, 2.05) is 20.8 Å². The van der Waals surface area contributed by atoms with Gasteiger partial charge in [0, 0.05) is 19.4 Å². The number of nitro groups is 1. The van der Waals surface area contributed by atoms with Gasteiger partial charge in [-0.25, -0.2) is 0 Å². The molecule has 0 saturated heterocycles. The second-order valence-electron chi connectivity index (χ2n) is 6.93. The summed E-state index contributed by atoms with van der Waals surface area (Å²) in [6.07, 6.45) is 1.96. The molecule has 1 aromatic rings. The smallest absolute Gasteiger partial charge is 0.279 e. The second kappa shape index (κ2) is 11.5. The number of carbonyl (C=O) groups excluding carboxylic acids is 1. The van der Waals surface area contributed by atoms with Crippen molar-refractivity contribution in [2.24, 2.45) is 5.92 Å². The van der Waals surface area contributed by atoms with E-state index in [1.54, 1.807) is 13.0 Å². The predicted octanol–water partition coefficient (Wildman–Crippen LogP) is 4.87. The summed E-state index contributed by atoms with van der Waals surface area (Å²) >= 11 is 0. The number of methoxy groups -OCH3 is 1. The molecule has 152 valence electrons. The maximum absolute atomic E-state index is 11.6. The molecule has 0 aliphatic carbocycles. The van der Waals surface area contributed by atoms with E-state index in [-0.39, 0.29) is 11.5 Å². The van der Waals surface area contributed by atoms with Crippen molar-refractivity contribution in [1.29, 1.82) is 0 Å². The van der Waals surface area contributed by atoms with Gasteiger partial charge in [-0.05, 0) is 31.7 Å². The maximum Gasteiger partial charge on any atom is 0.279 e. The van der Waals surface area contributed by atoms with Gasteiger partial charge in [0.25, 0.3) is 5.69 Å². The molecule has 0 fully saturated rings. The Morgan fingerprint density at radius 2 is 1.89 bits per heavy atom. The molecule has 1 atom stereocenters. The second-order valence-corrected chi connectivity index (χ2v) is 6.93. The van der Waals surface area contributed by atoms with Crippen LogP contribution in [0.2, 0.25) is 0 Å². The first-order valence-corrected chi connectivity index (χ1v) is 9.42. The van der Waals surface area contributed by atoms with Crippen LogP contribution in [0.1, 0.15) is 65.0 Å². The molecule has 1 unspecified atom stereocenters. The summed E-state index contributed by atoms with van der Waals surface area (Å²) in [4.78, 5) is 22.6. The van der Waals surface area contributed by atoms with E-state index in [0.717, 1.165) is 6.42 Å². The molecule has 0 amide bonds. The molecule has 0 bridgehead atoms. The minimum atomic E-state index is -0.443. The summed E-state index contributed by atoms with van der Waals surface area (Å²) < 4.78 is 16.7. The number of ether oxygens (including phenoxy) is 3. The lowest BCUT2D eigenvalue weighted by Gasteiger charge is -2.18. The van der Waals surface area contributed by atoms with Crippen LogP contribution >= 0.6 is 0 Å². The molecule has 7 heteroatoms. The van der Waals surface area contributed by atoms with Crippen molar-refractivity contribution in [3.63, 3.8) is 0 Å². The summed E-state index contributed by atoms with van der Waals surface area (Å²) in [5, 5.41) is 11.5. The topological polar surface area (TPSA) is 87.9 Å². The Kier molecular flexibility index (Phi) is 9.78. The van der Waals surface area contributed by atoms with Crippen molar-refractivity contribution >= 4 is 11.5 Å². The number of hydrogen-bond acceptors (Lipinski definition) is 6. The molecule has 0 aliphatic rings. The summed E-state index contributed by atoms with van der Waals surface area (Å²) in [6.45, 7) is 8.58. The normalized spacial score (nSPS) is 12.1. The van der Waals surface area contributed by atoms with Crippen molar-refractivity contribution in [1.82, 2.24) is 0 Å². The molecule has 1 rings (SSSR count). The highest BCUT2D eigenvalue weighted by atomic mass is 16.6. The number of ketones is 1. The first-order chi connectivity index (χ1) is 12.8. The zero-order chi connectivity index (χ0) is 20.4. The van der Waals surface area contributed by atoms with Gasteiger partial charge >= 0.3 is 0 Å². The minimum Gasteiger partial charge on any atom is -0.493 e. The van der Waals surface area contributed by atoms with E-state index >= 15 is 0 Å². The predicted molar refractivity (Wildman–Crippen MR) is 103 cm³/mol. The lowest BCUT2D eigenvalue weighted by molar-refractivity contribution is -0.386. The zero-order valence-corrected chi connectivity index (χ0v) is 16.9. The van der Waals surface area contributed by atoms with Gasteiger partial charge in [-0.2, -0.15) is 0 Å². The number of carbonyl (C=O) groups is 1. The van der Waals surface area contributed by atoms with Crippen LogP contribution in [0.4, 0.5) is 5.69 Å². The van der Waals surface area contributed by atoms with Crippen LogP contribution in [0.5, 0.6) is 11.5 Å². The molecule has 0 aliphatic heterocycles. The standard InChI is InChI=1S/C20H31NO6/c1-6-8-16(22)9-7-10-26-20-12-18(21(23)24)17(11-19(20)25-5)15(4)27-13-14(2)3/h11-12,14-15H,6-10,13H2,1-5H3. The Balaban J connectivity index is 2.91. The van der Waals surface area contributed by atoms with Crippen LogP contribution in [0, 0.1) is 16.0 Å². The number of nitro benzene ring substituents is 1. The van der Waals surface area contributed by atoms with Gasteiger partial charge in [0.1, 0.15) is 5.78 Å². The molecule has 0 spiro atoms. The van der Waals surface area contributed by atoms with Gasteiger partial charge in [-0.3, -0.25) is 14.9 Å². The van der Waals surface area contributed by atoms with Gasteiger partial charge in [-0.1, -0.05) is 20.8 Å². The number of nitrogens with zero attached hydrogens (tertiary/aromatic N) is 1. The van der Waals surface area contributed by atoms with Gasteiger partial charge in [0.2, 0.25) is 0 Å². The lowest BCUT2D eigenvalue weighted by atomic mass is 10.1. The van der Waals surface area contributed by atoms with Crippen molar-refractivity contribution in [2.75, 3.05) is 20.3 Å². The van der Waals surface area contributed by atoms with Crippen LogP contribution in [-0.4, -0.2) is 31.0 Å². The number of rotatable bonds is 13. The van der Waals surface area contributed by atoms with Gasteiger partial charge < -0.3 is 14.2 Å². The average Bonchev–Trinajstić information content (AvgIpc) is 2.62. The Labute approximate surface area is 161 Å². The summed E-state index contributed by atoms with van der Waals surface area (Å²) in [5.74, 6) is 1.24. The average molecular weight is 381 g/mol. The Morgan fingerprint density at radius 3 is 2.44 bits per heavy atom. The van der Waals surface area contributed by atoms with Gasteiger partial charge in [0.05, 0.1) is 36.4 Å². The molecule has 27 heavy (non-hydrogen) atoms. The van der Waals surface area contributed by atoms with Crippen LogP contribution in [0.25, 0.3) is 0 Å². The molecule has 0 N–H and O–H groups in total. The first kappa shape index (κ1) is 22.9. The van der Waals surface area contributed by atoms with E-state index in [9.17, 15) is 14.9 Å². The quantitative estimate of drug-likeness (QED) is 0.275. The highest BCUT2D eigenvalue weighted by molar-refractivity contribution is 5.78. The Bertz CT molecular complexity index is 629. The summed E-state index contributed by atoms with van der Waals surface area (Å²) in [5.41, 5.74) is 0.382. The Morgan fingerprint density at radius 1 is 1.19 bits per heavy atom. The lowest BCUT2D eigenvalue weighted by Crippen LogP contribution is -2.10. The van der Waals surface area contributed by atoms with Gasteiger partial charge in [0.15, 0.2) is 11.5 Å². The van der Waals surface area contributed by atoms with Crippen LogP contribution in [-0.2, 0) is 9.53 Å². The summed E-state index contributed by atoms with van der Waals surface area (Å²) in [7, 11) is 1.49. The van der Waals surface area contributed by atoms with Crippen LogP contribution in [0.15, 0.2) is 12.1 Å². The van der Waals surface area contributed by atoms with E-state index in [4.69, 9.17) is 14.2 Å². The molecule has 7 nitrogen and oxygen atoms in total. The van der Waals surface area contributed by atoms with Crippen molar-refractivity contribution < 1.29 is 23.9 Å². The SMILES string of the molecule is CCCC(=O)CCCOc1cc([N+](=O)[O-])c(C(C)OCC(C)C)cc1OC. The van der Waals surface area contributed by atoms with E-state index in [0.29, 0.717) is 55.5 Å². The molecular formula is C20H31NO6. The van der Waals surface area contributed by atoms with Crippen LogP contribution < -0.4 is 9.47 Å². The zero-order valence-electron chi connectivity index (χ0n) is 16.9. The van der Waals surface area contributed by atoms with E-state index < -0.39 is 11.0 Å². The van der Waals surface area contributed by atoms with Crippen molar-refractivity contribution in [3.05, 3.63) is 27.8 Å². The highest BCUT2D eigenvalue weighted by Gasteiger charge is 2.24. The number of hydrogen-bond donors (Lipinski definition) is 0. The largest absolute Gasteiger partial charge is 0.493 e. The maximum atomic E-state index is 11.6. The monoisotopic (exact) mass is 381 g/mol. The highest BCUT2D eigenvalue weighted by Crippen LogP contribution is 2.38. The van der Waals surface area contributed by atoms with Crippen molar-refractivity contribution in [3.8, 4) is 11.5 Å². The molecule has 0 heterocycles. The van der Waals surface area contributed by atoms with Gasteiger partial charge in [-0.15, -0.1) is 0 Å². The first-order valence-electron chi connectivity index (χ1n) is 9.42. The fraction of sp³-hybridized carbons (Fsp3) is 0.650. The Hall–Kier alpha value is -2.15. The fourth-order valence-corrected chi connectivity index (χ4v) is 2.60. The third kappa shape index (κ3) is 7.54.